The predicted molar refractivity (Wildman–Crippen MR) is 114 cm³/mol. The van der Waals surface area contributed by atoms with Gasteiger partial charge in [-0.2, -0.15) is 26.3 Å². The van der Waals surface area contributed by atoms with Crippen molar-refractivity contribution >= 4 is 5.82 Å². The zero-order valence-corrected chi connectivity index (χ0v) is 18.6. The Hall–Kier alpha value is -2.65. The molecule has 0 amide bonds. The molecule has 186 valence electrons. The van der Waals surface area contributed by atoms with Gasteiger partial charge in [-0.05, 0) is 49.6 Å². The van der Waals surface area contributed by atoms with Crippen LogP contribution in [0.15, 0.2) is 36.5 Å². The molecule has 2 aliphatic rings. The van der Waals surface area contributed by atoms with Crippen molar-refractivity contribution in [2.24, 2.45) is 11.8 Å². The molecule has 2 aromatic rings. The van der Waals surface area contributed by atoms with Crippen LogP contribution in [-0.2, 0) is 12.4 Å². The van der Waals surface area contributed by atoms with Gasteiger partial charge in [-0.15, -0.1) is 0 Å². The van der Waals surface area contributed by atoms with Crippen LogP contribution in [-0.4, -0.2) is 30.8 Å². The van der Waals surface area contributed by atoms with Gasteiger partial charge in [0.15, 0.2) is 11.5 Å². The summed E-state index contributed by atoms with van der Waals surface area (Å²) in [6.45, 7) is 3.22. The number of hydrogen-bond donors (Lipinski definition) is 0. The van der Waals surface area contributed by atoms with Crippen LogP contribution in [0.3, 0.4) is 0 Å². The molecule has 1 aliphatic heterocycles. The molecule has 1 saturated heterocycles. The Morgan fingerprint density at radius 3 is 2.12 bits per heavy atom. The first-order chi connectivity index (χ1) is 16.1. The maximum Gasteiger partial charge on any atom is 0.417 e. The van der Waals surface area contributed by atoms with Gasteiger partial charge in [0.25, 0.3) is 0 Å². The van der Waals surface area contributed by atoms with Crippen molar-refractivity contribution in [1.29, 1.82) is 0 Å². The summed E-state index contributed by atoms with van der Waals surface area (Å²) in [6, 6.07) is 5.69. The number of ether oxygens (including phenoxy) is 2. The Labute approximate surface area is 193 Å². The van der Waals surface area contributed by atoms with E-state index in [1.807, 2.05) is 11.8 Å². The summed E-state index contributed by atoms with van der Waals surface area (Å²) in [4.78, 5) is 5.99. The second-order valence-corrected chi connectivity index (χ2v) is 8.85. The maximum atomic E-state index is 13.2. The smallest absolute Gasteiger partial charge is 0.417 e. The number of nitrogens with zero attached hydrogens (tertiary/aromatic N) is 2. The van der Waals surface area contributed by atoms with Gasteiger partial charge in [-0.1, -0.05) is 13.3 Å². The normalized spacial score (nSPS) is 23.0. The number of benzene rings is 1. The SMILES string of the molecule is CCCOc1cc(C(F)(F)F)ccc1OC1C2CCCC1CN(c1ccc(C(F)(F)F)cn1)C2. The Balaban J connectivity index is 1.52. The standard InChI is InChI=1S/C24H26F6N2O2/c1-2-10-33-20-11-17(23(25,26)27)6-8-19(20)34-22-15-4-3-5-16(22)14-32(13-15)21-9-7-18(12-31-21)24(28,29)30/h6-9,11-12,15-16,22H,2-5,10,13-14H2,1H3. The van der Waals surface area contributed by atoms with Crippen LogP contribution in [0.1, 0.15) is 43.7 Å². The van der Waals surface area contributed by atoms with Gasteiger partial charge in [-0.25, -0.2) is 4.98 Å². The molecule has 0 radical (unpaired) electrons. The van der Waals surface area contributed by atoms with Gasteiger partial charge in [0, 0.05) is 31.1 Å². The monoisotopic (exact) mass is 488 g/mol. The zero-order valence-electron chi connectivity index (χ0n) is 18.6. The fraction of sp³-hybridized carbons (Fsp3) is 0.542. The Morgan fingerprint density at radius 1 is 0.912 bits per heavy atom. The molecule has 0 spiro atoms. The van der Waals surface area contributed by atoms with E-state index in [0.717, 1.165) is 43.7 Å². The molecular formula is C24H26F6N2O2. The van der Waals surface area contributed by atoms with Crippen molar-refractivity contribution in [2.75, 3.05) is 24.6 Å². The molecule has 2 fully saturated rings. The van der Waals surface area contributed by atoms with E-state index in [1.54, 1.807) is 0 Å². The molecule has 4 nitrogen and oxygen atoms in total. The third-order valence-corrected chi connectivity index (χ3v) is 6.38. The van der Waals surface area contributed by atoms with Crippen LogP contribution in [0.5, 0.6) is 11.5 Å². The minimum absolute atomic E-state index is 0.0675. The van der Waals surface area contributed by atoms with Gasteiger partial charge in [0.05, 0.1) is 17.7 Å². The second-order valence-electron chi connectivity index (χ2n) is 8.85. The van der Waals surface area contributed by atoms with Crippen molar-refractivity contribution in [1.82, 2.24) is 4.98 Å². The van der Waals surface area contributed by atoms with Crippen LogP contribution in [0, 0.1) is 11.8 Å². The molecule has 1 aromatic heterocycles. The van der Waals surface area contributed by atoms with Crippen LogP contribution in [0.25, 0.3) is 0 Å². The third kappa shape index (κ3) is 5.36. The molecular weight excluding hydrogens is 462 g/mol. The highest BCUT2D eigenvalue weighted by molar-refractivity contribution is 5.45. The predicted octanol–water partition coefficient (Wildman–Crippen LogP) is 6.59. The first-order valence-corrected chi connectivity index (χ1v) is 11.3. The fourth-order valence-corrected chi connectivity index (χ4v) is 4.76. The molecule has 10 heteroatoms. The molecule has 2 atom stereocenters. The number of anilines is 1. The third-order valence-electron chi connectivity index (χ3n) is 6.38. The Bertz CT molecular complexity index is 963. The van der Waals surface area contributed by atoms with Gasteiger partial charge >= 0.3 is 12.4 Å². The van der Waals surface area contributed by atoms with Crippen molar-refractivity contribution in [3.63, 3.8) is 0 Å². The molecule has 1 aliphatic carbocycles. The maximum absolute atomic E-state index is 13.2. The van der Waals surface area contributed by atoms with E-state index in [4.69, 9.17) is 9.47 Å². The highest BCUT2D eigenvalue weighted by atomic mass is 19.4. The fourth-order valence-electron chi connectivity index (χ4n) is 4.76. The Kier molecular flexibility index (Phi) is 6.87. The summed E-state index contributed by atoms with van der Waals surface area (Å²) in [5, 5.41) is 0. The molecule has 34 heavy (non-hydrogen) atoms. The lowest BCUT2D eigenvalue weighted by atomic mass is 9.75. The Morgan fingerprint density at radius 2 is 1.56 bits per heavy atom. The van der Waals surface area contributed by atoms with Gasteiger partial charge < -0.3 is 14.4 Å². The number of piperidine rings is 1. The summed E-state index contributed by atoms with van der Waals surface area (Å²) in [5.41, 5.74) is -1.59. The van der Waals surface area contributed by atoms with Crippen molar-refractivity contribution in [3.8, 4) is 11.5 Å². The highest BCUT2D eigenvalue weighted by Crippen LogP contribution is 2.42. The molecule has 4 rings (SSSR count). The molecule has 2 unspecified atom stereocenters. The largest absolute Gasteiger partial charge is 0.490 e. The van der Waals surface area contributed by atoms with Crippen LogP contribution in [0.4, 0.5) is 32.2 Å². The number of fused-ring (bicyclic) bond motifs is 2. The van der Waals surface area contributed by atoms with Crippen molar-refractivity contribution in [2.45, 2.75) is 51.1 Å². The van der Waals surface area contributed by atoms with E-state index >= 15 is 0 Å². The number of aromatic nitrogens is 1. The lowest BCUT2D eigenvalue weighted by Gasteiger charge is -2.47. The number of alkyl halides is 6. The summed E-state index contributed by atoms with van der Waals surface area (Å²) in [6.07, 6.45) is -4.97. The zero-order chi connectivity index (χ0) is 24.5. The molecule has 2 heterocycles. The van der Waals surface area contributed by atoms with E-state index in [-0.39, 0.29) is 36.0 Å². The number of hydrogen-bond acceptors (Lipinski definition) is 4. The first-order valence-electron chi connectivity index (χ1n) is 11.3. The quantitative estimate of drug-likeness (QED) is 0.430. The summed E-state index contributed by atoms with van der Waals surface area (Å²) in [5.74, 6) is 0.965. The molecule has 2 bridgehead atoms. The number of halogens is 6. The molecule has 1 saturated carbocycles. The average Bonchev–Trinajstić information content (AvgIpc) is 2.77. The average molecular weight is 488 g/mol. The van der Waals surface area contributed by atoms with Crippen LogP contribution < -0.4 is 14.4 Å². The van der Waals surface area contributed by atoms with E-state index in [2.05, 4.69) is 4.98 Å². The highest BCUT2D eigenvalue weighted by Gasteiger charge is 2.42. The van der Waals surface area contributed by atoms with Gasteiger partial charge in [0.2, 0.25) is 0 Å². The minimum atomic E-state index is -4.49. The summed E-state index contributed by atoms with van der Waals surface area (Å²) >= 11 is 0. The molecule has 0 N–H and O–H groups in total. The van der Waals surface area contributed by atoms with E-state index in [9.17, 15) is 26.3 Å². The minimum Gasteiger partial charge on any atom is -0.490 e. The summed E-state index contributed by atoms with van der Waals surface area (Å²) < 4.78 is 90.0. The second kappa shape index (κ2) is 9.54. The molecule has 1 aromatic carbocycles. The van der Waals surface area contributed by atoms with Gasteiger partial charge in [0.1, 0.15) is 11.9 Å². The van der Waals surface area contributed by atoms with E-state index in [0.29, 0.717) is 25.3 Å². The lowest BCUT2D eigenvalue weighted by Crippen LogP contribution is -2.54. The topological polar surface area (TPSA) is 34.6 Å². The number of pyridine rings is 1. The summed E-state index contributed by atoms with van der Waals surface area (Å²) in [7, 11) is 0. The van der Waals surface area contributed by atoms with E-state index < -0.39 is 23.5 Å². The van der Waals surface area contributed by atoms with Crippen molar-refractivity contribution < 1.29 is 35.8 Å². The van der Waals surface area contributed by atoms with Crippen molar-refractivity contribution in [3.05, 3.63) is 47.7 Å². The lowest BCUT2D eigenvalue weighted by molar-refractivity contribution is -0.138. The number of rotatable bonds is 6. The van der Waals surface area contributed by atoms with Crippen LogP contribution in [0.2, 0.25) is 0 Å². The van der Waals surface area contributed by atoms with Gasteiger partial charge in [-0.3, -0.25) is 0 Å². The first kappa shape index (κ1) is 24.5. The van der Waals surface area contributed by atoms with E-state index in [1.165, 1.54) is 12.1 Å². The van der Waals surface area contributed by atoms with Crippen LogP contribution >= 0.6 is 0 Å².